The Morgan fingerprint density at radius 1 is 0.295 bits per heavy atom. The molecule has 564 valence electrons. The number of rotatable bonds is 73. The van der Waals surface area contributed by atoms with Crippen LogP contribution in [-0.4, -0.2) is 96.7 Å². The Balaban J connectivity index is 5.13. The number of hydrogen-bond acceptors (Lipinski definition) is 15. The van der Waals surface area contributed by atoms with Gasteiger partial charge in [-0.25, -0.2) is 9.13 Å². The van der Waals surface area contributed by atoms with Gasteiger partial charge in [-0.05, 0) is 49.4 Å². The van der Waals surface area contributed by atoms with Gasteiger partial charge in [-0.15, -0.1) is 0 Å². The number of unbranched alkanes of at least 4 members (excludes halogenated alkanes) is 38. The summed E-state index contributed by atoms with van der Waals surface area (Å²) < 4.78 is 68.4. The second-order valence-electron chi connectivity index (χ2n) is 29.1. The minimum Gasteiger partial charge on any atom is -0.462 e. The third-order valence-corrected chi connectivity index (χ3v) is 19.8. The van der Waals surface area contributed by atoms with Gasteiger partial charge in [0.25, 0.3) is 0 Å². The Bertz CT molecular complexity index is 1870. The zero-order chi connectivity index (χ0) is 70.3. The zero-order valence-electron chi connectivity index (χ0n) is 62.3. The van der Waals surface area contributed by atoms with E-state index in [0.29, 0.717) is 37.5 Å². The molecule has 4 unspecified atom stereocenters. The van der Waals surface area contributed by atoms with Crippen molar-refractivity contribution in [3.05, 3.63) is 0 Å². The van der Waals surface area contributed by atoms with Crippen LogP contribution in [0, 0.1) is 23.7 Å². The van der Waals surface area contributed by atoms with Crippen LogP contribution in [0.3, 0.4) is 0 Å². The molecule has 0 aromatic carbocycles. The van der Waals surface area contributed by atoms with Gasteiger partial charge in [-0.2, -0.15) is 0 Å². The standard InChI is InChI=1S/C76H148O17P2/c1-9-69(8)55-47-39-29-25-21-17-14-15-18-22-26-30-40-48-56-73(78)86-62-72(93-76(81)59-51-43-35-33-38-46-54-68(6)7)65-91-95(84,85)89-61-70(77)60-88-94(82,83)90-64-71(63-87-74(79)57-49-41-34-32-37-45-53-67(4)5)92-75(80)58-50-42-31-27-23-19-13-11-10-12-16-20-24-28-36-44-52-66(2)3/h66-72,77H,9-65H2,1-8H3,(H,82,83)(H,84,85)/t69?,70?,71-,72-/m1/s1. The van der Waals surface area contributed by atoms with Crippen molar-refractivity contribution in [2.24, 2.45) is 23.7 Å². The average molecular weight is 1400 g/mol. The van der Waals surface area contributed by atoms with Gasteiger partial charge < -0.3 is 33.8 Å². The van der Waals surface area contributed by atoms with Gasteiger partial charge in [0.1, 0.15) is 19.3 Å². The molecule has 0 saturated carbocycles. The highest BCUT2D eigenvalue weighted by molar-refractivity contribution is 7.47. The van der Waals surface area contributed by atoms with E-state index >= 15 is 0 Å². The van der Waals surface area contributed by atoms with Crippen LogP contribution in [-0.2, 0) is 65.4 Å². The number of phosphoric ester groups is 2. The van der Waals surface area contributed by atoms with Crippen molar-refractivity contribution in [3.8, 4) is 0 Å². The van der Waals surface area contributed by atoms with Crippen molar-refractivity contribution in [2.75, 3.05) is 39.6 Å². The topological polar surface area (TPSA) is 237 Å². The maximum atomic E-state index is 13.0. The maximum Gasteiger partial charge on any atom is 0.472 e. The average Bonchev–Trinajstić information content (AvgIpc) is 1.59. The molecule has 3 N–H and O–H groups in total. The van der Waals surface area contributed by atoms with Gasteiger partial charge >= 0.3 is 39.5 Å². The minimum absolute atomic E-state index is 0.102. The summed E-state index contributed by atoms with van der Waals surface area (Å²) in [7, 11) is -9.91. The quantitative estimate of drug-likeness (QED) is 0.0222. The first-order chi connectivity index (χ1) is 45.6. The summed E-state index contributed by atoms with van der Waals surface area (Å²) in [6, 6.07) is 0. The largest absolute Gasteiger partial charge is 0.472 e. The molecule has 0 aliphatic carbocycles. The Labute approximate surface area is 581 Å². The van der Waals surface area contributed by atoms with Gasteiger partial charge in [0.2, 0.25) is 0 Å². The molecule has 0 saturated heterocycles. The van der Waals surface area contributed by atoms with Crippen molar-refractivity contribution in [3.63, 3.8) is 0 Å². The van der Waals surface area contributed by atoms with Gasteiger partial charge in [0.05, 0.1) is 26.4 Å². The van der Waals surface area contributed by atoms with Crippen LogP contribution < -0.4 is 0 Å². The Kier molecular flexibility index (Phi) is 64.0. The molecule has 0 spiro atoms. The lowest BCUT2D eigenvalue weighted by Gasteiger charge is -2.21. The number of carbonyl (C=O) groups is 4. The molecule has 0 aromatic rings. The van der Waals surface area contributed by atoms with Crippen LogP contribution >= 0.6 is 15.6 Å². The summed E-state index contributed by atoms with van der Waals surface area (Å²) >= 11 is 0. The lowest BCUT2D eigenvalue weighted by atomic mass is 9.99. The molecule has 19 heteroatoms. The van der Waals surface area contributed by atoms with Crippen LogP contribution in [0.5, 0.6) is 0 Å². The first-order valence-electron chi connectivity index (χ1n) is 39.2. The highest BCUT2D eigenvalue weighted by atomic mass is 31.2. The lowest BCUT2D eigenvalue weighted by Crippen LogP contribution is -2.30. The predicted octanol–water partition coefficient (Wildman–Crippen LogP) is 22.0. The van der Waals surface area contributed by atoms with Gasteiger partial charge in [0.15, 0.2) is 12.2 Å². The molecule has 0 amide bonds. The van der Waals surface area contributed by atoms with E-state index in [0.717, 1.165) is 108 Å². The smallest absolute Gasteiger partial charge is 0.462 e. The SMILES string of the molecule is CCC(C)CCCCCCCCCCCCCCCCC(=O)OC[C@H](COP(=O)(O)OCC(O)COP(=O)(O)OC[C@@H](COC(=O)CCCCCCCCC(C)C)OC(=O)CCCCCCCCCCCCCCCCCCC(C)C)OC(=O)CCCCCCCCC(C)C. The first kappa shape index (κ1) is 93.1. The second-order valence-corrected chi connectivity index (χ2v) is 32.0. The van der Waals surface area contributed by atoms with E-state index in [1.54, 1.807) is 0 Å². The van der Waals surface area contributed by atoms with Crippen molar-refractivity contribution in [1.29, 1.82) is 0 Å². The first-order valence-corrected chi connectivity index (χ1v) is 42.2. The molecule has 6 atom stereocenters. The molecule has 0 fully saturated rings. The van der Waals surface area contributed by atoms with Crippen LogP contribution in [0.15, 0.2) is 0 Å². The maximum absolute atomic E-state index is 13.0. The van der Waals surface area contributed by atoms with E-state index in [9.17, 15) is 43.2 Å². The molecule has 17 nitrogen and oxygen atoms in total. The highest BCUT2D eigenvalue weighted by Crippen LogP contribution is 2.45. The summed E-state index contributed by atoms with van der Waals surface area (Å²) in [5.74, 6) is 0.880. The summed E-state index contributed by atoms with van der Waals surface area (Å²) in [4.78, 5) is 72.7. The van der Waals surface area contributed by atoms with E-state index in [2.05, 4.69) is 55.4 Å². The minimum atomic E-state index is -4.95. The number of aliphatic hydroxyl groups excluding tert-OH is 1. The number of esters is 4. The monoisotopic (exact) mass is 1400 g/mol. The highest BCUT2D eigenvalue weighted by Gasteiger charge is 2.30. The van der Waals surface area contributed by atoms with Crippen molar-refractivity contribution < 1.29 is 80.2 Å². The van der Waals surface area contributed by atoms with E-state index in [4.69, 9.17) is 37.0 Å². The van der Waals surface area contributed by atoms with Gasteiger partial charge in [0, 0.05) is 25.7 Å². The summed E-state index contributed by atoms with van der Waals surface area (Å²) in [6.45, 7) is 14.1. The molecule has 0 radical (unpaired) electrons. The van der Waals surface area contributed by atoms with E-state index in [1.807, 2.05) is 0 Å². The third-order valence-electron chi connectivity index (χ3n) is 17.9. The van der Waals surface area contributed by atoms with Gasteiger partial charge in [-0.1, -0.05) is 331 Å². The second kappa shape index (κ2) is 65.4. The third kappa shape index (κ3) is 69.0. The van der Waals surface area contributed by atoms with Crippen LogP contribution in [0.1, 0.15) is 383 Å². The molecule has 0 aliphatic heterocycles. The van der Waals surface area contributed by atoms with Crippen LogP contribution in [0.25, 0.3) is 0 Å². The molecular weight excluding hydrogens is 1250 g/mol. The molecule has 95 heavy (non-hydrogen) atoms. The Morgan fingerprint density at radius 3 is 0.747 bits per heavy atom. The van der Waals surface area contributed by atoms with E-state index < -0.39 is 97.5 Å². The molecule has 0 aromatic heterocycles. The van der Waals surface area contributed by atoms with E-state index in [1.165, 1.54) is 180 Å². The summed E-state index contributed by atoms with van der Waals surface area (Å²) in [6.07, 6.45) is 50.4. The van der Waals surface area contributed by atoms with Crippen molar-refractivity contribution in [2.45, 2.75) is 401 Å². The van der Waals surface area contributed by atoms with Crippen molar-refractivity contribution in [1.82, 2.24) is 0 Å². The zero-order valence-corrected chi connectivity index (χ0v) is 64.1. The number of ether oxygens (including phenoxy) is 4. The summed E-state index contributed by atoms with van der Waals surface area (Å²) in [5, 5.41) is 10.6. The number of phosphoric acid groups is 2. The van der Waals surface area contributed by atoms with Gasteiger partial charge in [-0.3, -0.25) is 37.3 Å². The van der Waals surface area contributed by atoms with Crippen molar-refractivity contribution >= 4 is 39.5 Å². The fourth-order valence-electron chi connectivity index (χ4n) is 11.5. The molecule has 0 aliphatic rings. The number of hydrogen-bond donors (Lipinski definition) is 3. The molecule has 0 bridgehead atoms. The molecule has 0 rings (SSSR count). The summed E-state index contributed by atoms with van der Waals surface area (Å²) in [5.41, 5.74) is 0. The normalized spacial score (nSPS) is 14.4. The fraction of sp³-hybridized carbons (Fsp3) is 0.947. The van der Waals surface area contributed by atoms with E-state index in [-0.39, 0.29) is 25.7 Å². The molecule has 0 heterocycles. The molecular formula is C76H148O17P2. The van der Waals surface area contributed by atoms with Crippen LogP contribution in [0.2, 0.25) is 0 Å². The van der Waals surface area contributed by atoms with Crippen LogP contribution in [0.4, 0.5) is 0 Å². The fourth-order valence-corrected chi connectivity index (χ4v) is 13.1. The predicted molar refractivity (Wildman–Crippen MR) is 386 cm³/mol. The number of aliphatic hydroxyl groups is 1. The lowest BCUT2D eigenvalue weighted by molar-refractivity contribution is -0.161. The Hall–Kier alpha value is -1.94. The number of carbonyl (C=O) groups excluding carboxylic acids is 4. The Morgan fingerprint density at radius 2 is 0.505 bits per heavy atom.